The third-order valence-electron chi connectivity index (χ3n) is 4.12. The third kappa shape index (κ3) is 3.86. The number of carbonyl (C=O) groups is 1. The molecule has 1 aromatic carbocycles. The maximum absolute atomic E-state index is 12.5. The van der Waals surface area contributed by atoms with Crippen LogP contribution in [0.4, 0.5) is 0 Å². The number of nitrogens with zero attached hydrogens (tertiary/aromatic N) is 3. The van der Waals surface area contributed by atoms with E-state index in [2.05, 4.69) is 5.10 Å². The first kappa shape index (κ1) is 15.5. The van der Waals surface area contributed by atoms with E-state index in [4.69, 9.17) is 0 Å². The van der Waals surface area contributed by atoms with Crippen LogP contribution in [0.2, 0.25) is 0 Å². The first-order valence-electron chi connectivity index (χ1n) is 8.07. The summed E-state index contributed by atoms with van der Waals surface area (Å²) >= 11 is 0. The van der Waals surface area contributed by atoms with Crippen molar-refractivity contribution in [2.45, 2.75) is 38.8 Å². The molecular formula is C18H21N3O2. The summed E-state index contributed by atoms with van der Waals surface area (Å²) in [7, 11) is 0. The Kier molecular flexibility index (Phi) is 4.55. The standard InChI is InChI=1S/C18H21N3O2/c1-2-20(12-14-6-4-3-5-7-14)18(23)13-21-17(22)11-10-16(19-21)15-8-9-15/h3-7,10-11,15H,2,8-9,12-13H2,1H3. The number of hydrogen-bond acceptors (Lipinski definition) is 3. The van der Waals surface area contributed by atoms with Gasteiger partial charge in [0.1, 0.15) is 6.54 Å². The normalized spacial score (nSPS) is 13.8. The van der Waals surface area contributed by atoms with E-state index in [1.54, 1.807) is 11.0 Å². The number of likely N-dealkylation sites (N-methyl/N-ethyl adjacent to an activating group) is 1. The van der Waals surface area contributed by atoms with Crippen LogP contribution in [-0.4, -0.2) is 27.1 Å². The van der Waals surface area contributed by atoms with Crippen LogP contribution >= 0.6 is 0 Å². The molecule has 1 aliphatic carbocycles. The van der Waals surface area contributed by atoms with Crippen LogP contribution in [0, 0.1) is 0 Å². The molecule has 5 nitrogen and oxygen atoms in total. The van der Waals surface area contributed by atoms with Crippen molar-refractivity contribution < 1.29 is 4.79 Å². The van der Waals surface area contributed by atoms with Crippen molar-refractivity contribution in [2.24, 2.45) is 0 Å². The van der Waals surface area contributed by atoms with Gasteiger partial charge in [-0.05, 0) is 31.4 Å². The van der Waals surface area contributed by atoms with Crippen LogP contribution in [0.3, 0.4) is 0 Å². The van der Waals surface area contributed by atoms with Gasteiger partial charge in [-0.25, -0.2) is 4.68 Å². The van der Waals surface area contributed by atoms with Gasteiger partial charge in [-0.1, -0.05) is 30.3 Å². The Morgan fingerprint density at radius 1 is 1.22 bits per heavy atom. The monoisotopic (exact) mass is 311 g/mol. The SMILES string of the molecule is CCN(Cc1ccccc1)C(=O)Cn1nc(C2CC2)ccc1=O. The molecule has 120 valence electrons. The summed E-state index contributed by atoms with van der Waals surface area (Å²) in [5.74, 6) is 0.377. The Bertz CT molecular complexity index is 735. The highest BCUT2D eigenvalue weighted by Crippen LogP contribution is 2.38. The van der Waals surface area contributed by atoms with Crippen LogP contribution < -0.4 is 5.56 Å². The lowest BCUT2D eigenvalue weighted by Gasteiger charge is -2.21. The molecule has 0 unspecified atom stereocenters. The Morgan fingerprint density at radius 3 is 2.61 bits per heavy atom. The van der Waals surface area contributed by atoms with Crippen LogP contribution in [0.5, 0.6) is 0 Å². The summed E-state index contributed by atoms with van der Waals surface area (Å²) in [5.41, 5.74) is 1.77. The summed E-state index contributed by atoms with van der Waals surface area (Å²) < 4.78 is 1.30. The van der Waals surface area contributed by atoms with Crippen molar-refractivity contribution in [3.8, 4) is 0 Å². The van der Waals surface area contributed by atoms with E-state index >= 15 is 0 Å². The number of amides is 1. The largest absolute Gasteiger partial charge is 0.337 e. The average molecular weight is 311 g/mol. The molecule has 0 radical (unpaired) electrons. The average Bonchev–Trinajstić information content (AvgIpc) is 3.40. The molecule has 2 aromatic rings. The fourth-order valence-corrected chi connectivity index (χ4v) is 2.58. The lowest BCUT2D eigenvalue weighted by atomic mass is 10.2. The first-order valence-corrected chi connectivity index (χ1v) is 8.07. The predicted molar refractivity (Wildman–Crippen MR) is 88.0 cm³/mol. The van der Waals surface area contributed by atoms with Crippen molar-refractivity contribution in [2.75, 3.05) is 6.54 Å². The molecule has 0 aliphatic heterocycles. The van der Waals surface area contributed by atoms with Gasteiger partial charge in [-0.3, -0.25) is 9.59 Å². The van der Waals surface area contributed by atoms with Gasteiger partial charge >= 0.3 is 0 Å². The maximum atomic E-state index is 12.5. The zero-order valence-corrected chi connectivity index (χ0v) is 13.3. The van der Waals surface area contributed by atoms with Gasteiger partial charge in [0.2, 0.25) is 5.91 Å². The lowest BCUT2D eigenvalue weighted by molar-refractivity contribution is -0.132. The van der Waals surface area contributed by atoms with Crippen LogP contribution in [0.15, 0.2) is 47.3 Å². The Hall–Kier alpha value is -2.43. The highest BCUT2D eigenvalue weighted by Gasteiger charge is 2.26. The molecular weight excluding hydrogens is 290 g/mol. The number of carbonyl (C=O) groups excluding carboxylic acids is 1. The van der Waals surface area contributed by atoms with Gasteiger partial charge in [0.15, 0.2) is 0 Å². The van der Waals surface area contributed by atoms with Crippen LogP contribution in [0.25, 0.3) is 0 Å². The Morgan fingerprint density at radius 2 is 1.96 bits per heavy atom. The van der Waals surface area contributed by atoms with E-state index in [9.17, 15) is 9.59 Å². The number of hydrogen-bond donors (Lipinski definition) is 0. The Balaban J connectivity index is 1.72. The summed E-state index contributed by atoms with van der Waals surface area (Å²) in [4.78, 5) is 26.2. The maximum Gasteiger partial charge on any atom is 0.267 e. The minimum absolute atomic E-state index is 0.0000664. The molecule has 0 spiro atoms. The summed E-state index contributed by atoms with van der Waals surface area (Å²) in [6.07, 6.45) is 2.24. The smallest absolute Gasteiger partial charge is 0.267 e. The third-order valence-corrected chi connectivity index (χ3v) is 4.12. The van der Waals surface area contributed by atoms with E-state index < -0.39 is 0 Å². The molecule has 5 heteroatoms. The van der Waals surface area contributed by atoms with Crippen molar-refractivity contribution in [1.29, 1.82) is 0 Å². The van der Waals surface area contributed by atoms with Crippen molar-refractivity contribution in [3.63, 3.8) is 0 Å². The molecule has 1 fully saturated rings. The molecule has 0 atom stereocenters. The second-order valence-electron chi connectivity index (χ2n) is 5.92. The first-order chi connectivity index (χ1) is 11.2. The molecule has 3 rings (SSSR count). The van der Waals surface area contributed by atoms with Gasteiger partial charge in [0.25, 0.3) is 5.56 Å². The summed E-state index contributed by atoms with van der Waals surface area (Å²) in [5, 5.41) is 4.35. The molecule has 1 heterocycles. The molecule has 23 heavy (non-hydrogen) atoms. The Labute approximate surface area is 135 Å². The lowest BCUT2D eigenvalue weighted by Crippen LogP contribution is -2.37. The van der Waals surface area contributed by atoms with Gasteiger partial charge in [-0.2, -0.15) is 5.10 Å². The topological polar surface area (TPSA) is 55.2 Å². The van der Waals surface area contributed by atoms with E-state index in [1.807, 2.05) is 37.3 Å². The van der Waals surface area contributed by atoms with Crippen LogP contribution in [-0.2, 0) is 17.9 Å². The molecule has 0 bridgehead atoms. The number of aromatic nitrogens is 2. The zero-order chi connectivity index (χ0) is 16.2. The minimum Gasteiger partial charge on any atom is -0.337 e. The number of rotatable bonds is 6. The molecule has 1 amide bonds. The van der Waals surface area contributed by atoms with Gasteiger partial charge < -0.3 is 4.90 Å². The van der Waals surface area contributed by atoms with E-state index in [1.165, 1.54) is 10.7 Å². The van der Waals surface area contributed by atoms with Gasteiger partial charge in [-0.15, -0.1) is 0 Å². The fourth-order valence-electron chi connectivity index (χ4n) is 2.58. The second kappa shape index (κ2) is 6.77. The van der Waals surface area contributed by atoms with E-state index in [0.717, 1.165) is 24.1 Å². The minimum atomic E-state index is -0.224. The molecule has 1 aromatic heterocycles. The quantitative estimate of drug-likeness (QED) is 0.821. The predicted octanol–water partition coefficient (Wildman–Crippen LogP) is 2.17. The number of benzene rings is 1. The second-order valence-corrected chi connectivity index (χ2v) is 5.92. The fraction of sp³-hybridized carbons (Fsp3) is 0.389. The van der Waals surface area contributed by atoms with Crippen molar-refractivity contribution in [1.82, 2.24) is 14.7 Å². The van der Waals surface area contributed by atoms with Crippen molar-refractivity contribution >= 4 is 5.91 Å². The molecule has 1 aliphatic rings. The highest BCUT2D eigenvalue weighted by molar-refractivity contribution is 5.75. The zero-order valence-electron chi connectivity index (χ0n) is 13.3. The molecule has 1 saturated carbocycles. The summed E-state index contributed by atoms with van der Waals surface area (Å²) in [6.45, 7) is 3.09. The van der Waals surface area contributed by atoms with E-state index in [-0.39, 0.29) is 18.0 Å². The highest BCUT2D eigenvalue weighted by atomic mass is 16.2. The molecule has 0 N–H and O–H groups in total. The van der Waals surface area contributed by atoms with Crippen LogP contribution in [0.1, 0.15) is 36.9 Å². The van der Waals surface area contributed by atoms with Gasteiger partial charge in [0.05, 0.1) is 5.69 Å². The van der Waals surface area contributed by atoms with Crippen molar-refractivity contribution in [3.05, 3.63) is 64.1 Å². The van der Waals surface area contributed by atoms with Gasteiger partial charge in [0, 0.05) is 25.1 Å². The van der Waals surface area contributed by atoms with E-state index in [0.29, 0.717) is 19.0 Å². The summed E-state index contributed by atoms with van der Waals surface area (Å²) in [6, 6.07) is 13.2. The molecule has 0 saturated heterocycles.